The molecular weight excluding hydrogens is 314 g/mol. The molecule has 0 atom stereocenters. The molecule has 0 aliphatic rings. The van der Waals surface area contributed by atoms with Crippen molar-refractivity contribution < 1.29 is 9.53 Å². The van der Waals surface area contributed by atoms with E-state index in [0.717, 1.165) is 15.5 Å². The second kappa shape index (κ2) is 6.67. The van der Waals surface area contributed by atoms with Crippen LogP contribution in [0, 0.1) is 0 Å². The van der Waals surface area contributed by atoms with Gasteiger partial charge in [0.05, 0.1) is 0 Å². The van der Waals surface area contributed by atoms with Crippen molar-refractivity contribution in [1.29, 1.82) is 0 Å². The lowest BCUT2D eigenvalue weighted by Crippen LogP contribution is -2.27. The number of pyridine rings is 1. The molecule has 3 aromatic rings. The van der Waals surface area contributed by atoms with Crippen LogP contribution in [0.3, 0.4) is 0 Å². The van der Waals surface area contributed by atoms with Crippen LogP contribution in [0.15, 0.2) is 65.5 Å². The monoisotopic (exact) mass is 327 g/mol. The fourth-order valence-corrected chi connectivity index (χ4v) is 2.54. The Balaban J connectivity index is 2.08. The summed E-state index contributed by atoms with van der Waals surface area (Å²) in [4.78, 5) is 24.1. The molecule has 1 heterocycles. The first kappa shape index (κ1) is 15.3. The van der Waals surface area contributed by atoms with Gasteiger partial charge in [-0.25, -0.2) is 4.57 Å². The van der Waals surface area contributed by atoms with Crippen LogP contribution < -0.4 is 10.3 Å². The number of aromatic nitrogens is 1. The molecule has 4 nitrogen and oxygen atoms in total. The minimum atomic E-state index is -0.474. The number of hydrogen-bond donors (Lipinski definition) is 0. The van der Waals surface area contributed by atoms with Gasteiger partial charge in [-0.2, -0.15) is 0 Å². The predicted molar refractivity (Wildman–Crippen MR) is 90.3 cm³/mol. The Hall–Kier alpha value is -2.59. The second-order valence-corrected chi connectivity index (χ2v) is 5.27. The maximum Gasteiger partial charge on any atom is 0.257 e. The molecule has 0 spiro atoms. The van der Waals surface area contributed by atoms with Crippen molar-refractivity contribution in [3.63, 3.8) is 0 Å². The maximum atomic E-state index is 12.1. The zero-order valence-electron chi connectivity index (χ0n) is 12.2. The molecule has 23 heavy (non-hydrogen) atoms. The Labute approximate surface area is 137 Å². The summed E-state index contributed by atoms with van der Waals surface area (Å²) in [6.45, 7) is 0.345. The van der Waals surface area contributed by atoms with Crippen molar-refractivity contribution in [2.24, 2.45) is 0 Å². The second-order valence-electron chi connectivity index (χ2n) is 5.00. The number of carbonyl (C=O) groups is 1. The third kappa shape index (κ3) is 3.12. The Bertz CT molecular complexity index is 903. The van der Waals surface area contributed by atoms with Gasteiger partial charge in [-0.05, 0) is 17.7 Å². The first-order valence-electron chi connectivity index (χ1n) is 7.11. The van der Waals surface area contributed by atoms with Crippen LogP contribution in [0.4, 0.5) is 0 Å². The summed E-state index contributed by atoms with van der Waals surface area (Å²) in [6, 6.07) is 18.1. The number of hydrogen-bond acceptors (Lipinski definition) is 3. The van der Waals surface area contributed by atoms with Gasteiger partial charge in [-0.15, -0.1) is 11.6 Å². The highest BCUT2D eigenvalue weighted by molar-refractivity contribution is 6.28. The van der Waals surface area contributed by atoms with E-state index >= 15 is 0 Å². The third-order valence-corrected chi connectivity index (χ3v) is 3.71. The molecule has 3 rings (SSSR count). The normalized spacial score (nSPS) is 10.7. The zero-order chi connectivity index (χ0) is 16.2. The van der Waals surface area contributed by atoms with E-state index in [0.29, 0.717) is 17.9 Å². The van der Waals surface area contributed by atoms with Crippen molar-refractivity contribution >= 4 is 28.4 Å². The van der Waals surface area contributed by atoms with Gasteiger partial charge in [0.15, 0.2) is 0 Å². The number of nitrogens with zero attached hydrogens (tertiary/aromatic N) is 1. The van der Waals surface area contributed by atoms with E-state index < -0.39 is 11.5 Å². The lowest BCUT2D eigenvalue weighted by molar-refractivity contribution is 0.0940. The number of ether oxygens (including phenoxy) is 1. The minimum Gasteiger partial charge on any atom is -0.487 e. The van der Waals surface area contributed by atoms with E-state index in [1.807, 2.05) is 42.5 Å². The van der Waals surface area contributed by atoms with Gasteiger partial charge >= 0.3 is 0 Å². The van der Waals surface area contributed by atoms with Crippen molar-refractivity contribution in [1.82, 2.24) is 4.57 Å². The predicted octanol–water partition coefficient (Wildman–Crippen LogP) is 3.46. The Morgan fingerprint density at radius 1 is 1.00 bits per heavy atom. The van der Waals surface area contributed by atoms with Gasteiger partial charge in [0.2, 0.25) is 5.91 Å². The van der Waals surface area contributed by atoms with Gasteiger partial charge in [-0.3, -0.25) is 9.59 Å². The molecule has 2 aromatic carbocycles. The third-order valence-electron chi connectivity index (χ3n) is 3.48. The van der Waals surface area contributed by atoms with Crippen LogP contribution in [-0.4, -0.2) is 16.4 Å². The van der Waals surface area contributed by atoms with Crippen LogP contribution in [0.1, 0.15) is 10.4 Å². The molecule has 0 bridgehead atoms. The van der Waals surface area contributed by atoms with Crippen molar-refractivity contribution in [2.45, 2.75) is 6.61 Å². The SMILES string of the molecule is O=C(CCl)n1c(=O)ccc2cccc(OCc3ccccc3)c21. The summed E-state index contributed by atoms with van der Waals surface area (Å²) in [5.74, 6) is -0.271. The fraction of sp³-hybridized carbons (Fsp3) is 0.111. The highest BCUT2D eigenvalue weighted by atomic mass is 35.5. The summed E-state index contributed by atoms with van der Waals surface area (Å²) >= 11 is 5.63. The molecule has 0 unspecified atom stereocenters. The molecule has 0 aliphatic heterocycles. The summed E-state index contributed by atoms with van der Waals surface area (Å²) in [7, 11) is 0. The van der Waals surface area contributed by atoms with Gasteiger partial charge in [0, 0.05) is 11.5 Å². The average Bonchev–Trinajstić information content (AvgIpc) is 2.60. The number of benzene rings is 2. The highest BCUT2D eigenvalue weighted by Crippen LogP contribution is 2.25. The molecule has 5 heteroatoms. The maximum absolute atomic E-state index is 12.1. The number of carbonyl (C=O) groups excluding carboxylic acids is 1. The van der Waals surface area contributed by atoms with Gasteiger partial charge in [0.1, 0.15) is 23.8 Å². The molecule has 116 valence electrons. The molecule has 0 radical (unpaired) electrons. The zero-order valence-corrected chi connectivity index (χ0v) is 13.0. The van der Waals surface area contributed by atoms with E-state index in [9.17, 15) is 9.59 Å². The highest BCUT2D eigenvalue weighted by Gasteiger charge is 2.14. The minimum absolute atomic E-state index is 0.272. The van der Waals surface area contributed by atoms with Gasteiger partial charge in [0.25, 0.3) is 5.56 Å². The van der Waals surface area contributed by atoms with E-state index in [1.54, 1.807) is 12.1 Å². The number of rotatable bonds is 4. The number of para-hydroxylation sites is 1. The van der Waals surface area contributed by atoms with Crippen molar-refractivity contribution in [3.05, 3.63) is 76.6 Å². The summed E-state index contributed by atoms with van der Waals surface area (Å²) in [6.07, 6.45) is 0. The lowest BCUT2D eigenvalue weighted by Gasteiger charge is -2.13. The van der Waals surface area contributed by atoms with Gasteiger partial charge < -0.3 is 4.74 Å². The molecule has 0 aliphatic carbocycles. The first-order chi connectivity index (χ1) is 11.2. The smallest absolute Gasteiger partial charge is 0.257 e. The fourth-order valence-electron chi connectivity index (χ4n) is 2.42. The largest absolute Gasteiger partial charge is 0.487 e. The quantitative estimate of drug-likeness (QED) is 0.689. The molecule has 0 fully saturated rings. The van der Waals surface area contributed by atoms with Crippen LogP contribution in [0.5, 0.6) is 5.75 Å². The number of alkyl halides is 1. The summed E-state index contributed by atoms with van der Waals surface area (Å²) < 4.78 is 6.91. The van der Waals surface area contributed by atoms with E-state index in [4.69, 9.17) is 16.3 Å². The Kier molecular flexibility index (Phi) is 4.44. The number of fused-ring (bicyclic) bond motifs is 1. The van der Waals surface area contributed by atoms with Crippen molar-refractivity contribution in [3.8, 4) is 5.75 Å². The Morgan fingerprint density at radius 3 is 2.52 bits per heavy atom. The van der Waals surface area contributed by atoms with Crippen LogP contribution in [-0.2, 0) is 6.61 Å². The van der Waals surface area contributed by atoms with Gasteiger partial charge in [-0.1, -0.05) is 42.5 Å². The van der Waals surface area contributed by atoms with E-state index in [-0.39, 0.29) is 5.88 Å². The lowest BCUT2D eigenvalue weighted by atomic mass is 10.2. The Morgan fingerprint density at radius 2 is 1.78 bits per heavy atom. The van der Waals surface area contributed by atoms with Crippen LogP contribution in [0.2, 0.25) is 0 Å². The van der Waals surface area contributed by atoms with Crippen LogP contribution >= 0.6 is 11.6 Å². The number of halogens is 1. The average molecular weight is 328 g/mol. The molecular formula is C18H14ClNO3. The standard InChI is InChI=1S/C18H14ClNO3/c19-11-17(22)20-16(21)10-9-14-7-4-8-15(18(14)20)23-12-13-5-2-1-3-6-13/h1-10H,11-12H2. The van der Waals surface area contributed by atoms with Crippen LogP contribution in [0.25, 0.3) is 10.9 Å². The molecule has 0 amide bonds. The van der Waals surface area contributed by atoms with E-state index in [2.05, 4.69) is 0 Å². The molecule has 0 N–H and O–H groups in total. The summed E-state index contributed by atoms with van der Waals surface area (Å²) in [5, 5.41) is 0.744. The molecule has 1 aromatic heterocycles. The molecule has 0 saturated carbocycles. The van der Waals surface area contributed by atoms with Crippen molar-refractivity contribution in [2.75, 3.05) is 5.88 Å². The topological polar surface area (TPSA) is 48.3 Å². The summed E-state index contributed by atoms with van der Waals surface area (Å²) in [5.41, 5.74) is 1.03. The van der Waals surface area contributed by atoms with E-state index in [1.165, 1.54) is 6.07 Å². The molecule has 0 saturated heterocycles. The first-order valence-corrected chi connectivity index (χ1v) is 7.65.